The van der Waals surface area contributed by atoms with E-state index < -0.39 is 6.10 Å². The zero-order valence-corrected chi connectivity index (χ0v) is 52.9. The first-order valence-electron chi connectivity index (χ1n) is 34.8. The van der Waals surface area contributed by atoms with Gasteiger partial charge >= 0.3 is 17.9 Å². The second kappa shape index (κ2) is 67.6. The second-order valence-electron chi connectivity index (χ2n) is 23.4. The molecule has 0 aromatic rings. The molecular weight excluding hydrogens is 973 g/mol. The van der Waals surface area contributed by atoms with Crippen molar-refractivity contribution >= 4 is 17.9 Å². The molecule has 79 heavy (non-hydrogen) atoms. The number of hydrogen-bond donors (Lipinski definition) is 0. The van der Waals surface area contributed by atoms with E-state index in [2.05, 4.69) is 81.5 Å². The van der Waals surface area contributed by atoms with Crippen molar-refractivity contribution in [3.8, 4) is 0 Å². The van der Waals surface area contributed by atoms with E-state index >= 15 is 0 Å². The fraction of sp³-hybridized carbons (Fsp3) is 0.822. The van der Waals surface area contributed by atoms with E-state index in [1.54, 1.807) is 0 Å². The number of ether oxygens (including phenoxy) is 3. The number of hydrogen-bond acceptors (Lipinski definition) is 6. The van der Waals surface area contributed by atoms with Crippen molar-refractivity contribution in [2.24, 2.45) is 0 Å². The summed E-state index contributed by atoms with van der Waals surface area (Å²) < 4.78 is 17.0. The highest BCUT2D eigenvalue weighted by Crippen LogP contribution is 2.17. The average molecular weight is 1110 g/mol. The standard InChI is InChI=1S/C73H132O6/c1-4-7-10-13-16-19-22-25-28-30-32-34-35-36-37-39-40-42-45-48-51-54-57-60-63-66-72(75)78-69-70(68-77-71(74)65-62-59-56-53-50-47-44-27-24-21-18-15-12-9-6-3)79-73(76)67-64-61-58-55-52-49-46-43-41-38-33-31-29-26-23-20-17-14-11-8-5-2/h9,12,18,21,27,30-33,44,70H,4-8,10-11,13-17,19-20,22-26,28-29,34-43,45-69H2,1-3H3/b12-9-,21-18-,32-30-,33-31-,44-27-. The van der Waals surface area contributed by atoms with E-state index in [0.29, 0.717) is 19.3 Å². The van der Waals surface area contributed by atoms with Crippen molar-refractivity contribution in [3.05, 3.63) is 60.8 Å². The summed E-state index contributed by atoms with van der Waals surface area (Å²) in [6.07, 6.45) is 86.7. The van der Waals surface area contributed by atoms with E-state index in [1.807, 2.05) is 0 Å². The van der Waals surface area contributed by atoms with Gasteiger partial charge in [0, 0.05) is 19.3 Å². The Labute approximate surface area is 491 Å². The molecular formula is C73H132O6. The van der Waals surface area contributed by atoms with Crippen LogP contribution in [0.25, 0.3) is 0 Å². The highest BCUT2D eigenvalue weighted by molar-refractivity contribution is 5.71. The van der Waals surface area contributed by atoms with Crippen molar-refractivity contribution < 1.29 is 28.6 Å². The Morgan fingerprint density at radius 1 is 0.266 bits per heavy atom. The molecule has 6 heteroatoms. The van der Waals surface area contributed by atoms with Gasteiger partial charge in [-0.1, -0.05) is 306 Å². The maximum absolute atomic E-state index is 12.9. The lowest BCUT2D eigenvalue weighted by Crippen LogP contribution is -2.30. The van der Waals surface area contributed by atoms with E-state index in [-0.39, 0.29) is 31.1 Å². The minimum Gasteiger partial charge on any atom is -0.462 e. The highest BCUT2D eigenvalue weighted by Gasteiger charge is 2.19. The van der Waals surface area contributed by atoms with Crippen LogP contribution in [0.5, 0.6) is 0 Å². The third-order valence-electron chi connectivity index (χ3n) is 15.5. The van der Waals surface area contributed by atoms with Crippen LogP contribution in [0.3, 0.4) is 0 Å². The van der Waals surface area contributed by atoms with Gasteiger partial charge in [-0.25, -0.2) is 0 Å². The van der Waals surface area contributed by atoms with Crippen molar-refractivity contribution in [2.75, 3.05) is 13.2 Å². The minimum atomic E-state index is -0.784. The smallest absolute Gasteiger partial charge is 0.306 e. The minimum absolute atomic E-state index is 0.0781. The fourth-order valence-electron chi connectivity index (χ4n) is 10.3. The summed E-state index contributed by atoms with van der Waals surface area (Å²) in [5.74, 6) is -0.877. The van der Waals surface area contributed by atoms with Crippen LogP contribution >= 0.6 is 0 Å². The predicted octanol–water partition coefficient (Wildman–Crippen LogP) is 23.9. The SMILES string of the molecule is CC/C=C\C/C=C\C/C=C\CCCCCCCC(=O)OCC(COC(=O)CCCCCCCCCCCCCCC/C=C\CCCCCCCCCC)OC(=O)CCCCCCCCCCC/C=C\CCCCCCCCCC. The Morgan fingerprint density at radius 3 is 0.785 bits per heavy atom. The Hall–Kier alpha value is -2.89. The molecule has 0 aliphatic rings. The van der Waals surface area contributed by atoms with E-state index in [9.17, 15) is 14.4 Å². The van der Waals surface area contributed by atoms with Crippen LogP contribution in [-0.4, -0.2) is 37.2 Å². The maximum Gasteiger partial charge on any atom is 0.306 e. The van der Waals surface area contributed by atoms with Crippen LogP contribution in [-0.2, 0) is 28.6 Å². The fourth-order valence-corrected chi connectivity index (χ4v) is 10.3. The number of carbonyl (C=O) groups excluding carboxylic acids is 3. The molecule has 0 fully saturated rings. The van der Waals surface area contributed by atoms with Gasteiger partial charge in [0.1, 0.15) is 13.2 Å². The van der Waals surface area contributed by atoms with Crippen LogP contribution < -0.4 is 0 Å². The lowest BCUT2D eigenvalue weighted by Gasteiger charge is -2.18. The van der Waals surface area contributed by atoms with Crippen molar-refractivity contribution in [1.82, 2.24) is 0 Å². The maximum atomic E-state index is 12.9. The molecule has 1 atom stereocenters. The summed E-state index contributed by atoms with van der Waals surface area (Å²) in [5.41, 5.74) is 0. The van der Waals surface area contributed by atoms with E-state index in [4.69, 9.17) is 14.2 Å². The Balaban J connectivity index is 4.30. The molecule has 0 amide bonds. The lowest BCUT2D eigenvalue weighted by atomic mass is 10.0. The molecule has 0 N–H and O–H groups in total. The Bertz CT molecular complexity index is 1410. The topological polar surface area (TPSA) is 78.9 Å². The second-order valence-corrected chi connectivity index (χ2v) is 23.4. The van der Waals surface area contributed by atoms with Gasteiger partial charge in [0.05, 0.1) is 0 Å². The first kappa shape index (κ1) is 76.1. The highest BCUT2D eigenvalue weighted by atomic mass is 16.6. The summed E-state index contributed by atoms with van der Waals surface area (Å²) in [5, 5.41) is 0. The number of allylic oxidation sites excluding steroid dienone is 10. The van der Waals surface area contributed by atoms with Crippen LogP contribution in [0.2, 0.25) is 0 Å². The molecule has 0 rings (SSSR count). The number of carbonyl (C=O) groups is 3. The number of rotatable bonds is 64. The molecule has 6 nitrogen and oxygen atoms in total. The van der Waals surface area contributed by atoms with Crippen LogP contribution in [0.4, 0.5) is 0 Å². The molecule has 1 unspecified atom stereocenters. The first-order chi connectivity index (χ1) is 39.0. The Morgan fingerprint density at radius 2 is 0.494 bits per heavy atom. The molecule has 0 bridgehead atoms. The largest absolute Gasteiger partial charge is 0.462 e. The summed E-state index contributed by atoms with van der Waals surface area (Å²) in [6, 6.07) is 0. The third-order valence-corrected chi connectivity index (χ3v) is 15.5. The van der Waals surface area contributed by atoms with Gasteiger partial charge in [-0.2, -0.15) is 0 Å². The molecule has 0 saturated heterocycles. The summed E-state index contributed by atoms with van der Waals surface area (Å²) >= 11 is 0. The molecule has 0 aliphatic heterocycles. The summed E-state index contributed by atoms with van der Waals surface area (Å²) in [4.78, 5) is 38.4. The predicted molar refractivity (Wildman–Crippen MR) is 344 cm³/mol. The molecule has 0 spiro atoms. The Kier molecular flexibility index (Phi) is 65.1. The zero-order valence-electron chi connectivity index (χ0n) is 52.9. The van der Waals surface area contributed by atoms with E-state index in [1.165, 1.54) is 231 Å². The normalized spacial score (nSPS) is 12.4. The first-order valence-corrected chi connectivity index (χ1v) is 34.8. The van der Waals surface area contributed by atoms with E-state index in [0.717, 1.165) is 96.3 Å². The van der Waals surface area contributed by atoms with Crippen molar-refractivity contribution in [2.45, 2.75) is 374 Å². The lowest BCUT2D eigenvalue weighted by molar-refractivity contribution is -0.167. The molecule has 460 valence electrons. The molecule has 0 aromatic heterocycles. The van der Waals surface area contributed by atoms with Gasteiger partial charge in [0.15, 0.2) is 6.10 Å². The van der Waals surface area contributed by atoms with Crippen molar-refractivity contribution in [3.63, 3.8) is 0 Å². The third kappa shape index (κ3) is 65.8. The van der Waals surface area contributed by atoms with Gasteiger partial charge in [0.25, 0.3) is 0 Å². The summed E-state index contributed by atoms with van der Waals surface area (Å²) in [7, 11) is 0. The van der Waals surface area contributed by atoms with Gasteiger partial charge in [-0.05, 0) is 103 Å². The van der Waals surface area contributed by atoms with Crippen LogP contribution in [0, 0.1) is 0 Å². The molecule has 0 heterocycles. The van der Waals surface area contributed by atoms with Gasteiger partial charge in [0.2, 0.25) is 0 Å². The summed E-state index contributed by atoms with van der Waals surface area (Å²) in [6.45, 7) is 6.57. The molecule has 0 aromatic carbocycles. The zero-order chi connectivity index (χ0) is 57.1. The molecule has 0 radical (unpaired) electrons. The van der Waals surface area contributed by atoms with Gasteiger partial charge in [-0.3, -0.25) is 14.4 Å². The average Bonchev–Trinajstić information content (AvgIpc) is 3.45. The van der Waals surface area contributed by atoms with Crippen molar-refractivity contribution in [1.29, 1.82) is 0 Å². The monoisotopic (exact) mass is 1110 g/mol. The number of unbranched alkanes of at least 4 members (excludes halogenated alkanes) is 43. The molecule has 0 aliphatic carbocycles. The van der Waals surface area contributed by atoms with Gasteiger partial charge < -0.3 is 14.2 Å². The van der Waals surface area contributed by atoms with Gasteiger partial charge in [-0.15, -0.1) is 0 Å². The number of esters is 3. The molecule has 0 saturated carbocycles. The quantitative estimate of drug-likeness (QED) is 0.0261. The van der Waals surface area contributed by atoms with Crippen LogP contribution in [0.1, 0.15) is 367 Å². The van der Waals surface area contributed by atoms with Crippen LogP contribution in [0.15, 0.2) is 60.8 Å².